The Hall–Kier alpha value is -0.890. The molecular formula is C10H14N2. The van der Waals surface area contributed by atoms with Crippen molar-refractivity contribution in [1.82, 2.24) is 4.98 Å². The Balaban J connectivity index is 1.98. The lowest BCUT2D eigenvalue weighted by Crippen LogP contribution is -2.10. The fraction of sp³-hybridized carbons (Fsp3) is 0.500. The third kappa shape index (κ3) is 1.83. The predicted octanol–water partition coefficient (Wildman–Crippen LogP) is 1.88. The van der Waals surface area contributed by atoms with E-state index in [4.69, 9.17) is 5.73 Å². The molecule has 0 aliphatic heterocycles. The van der Waals surface area contributed by atoms with Crippen LogP contribution in [0.4, 0.5) is 0 Å². The molecule has 0 spiro atoms. The molecule has 0 amide bonds. The van der Waals surface area contributed by atoms with Crippen LogP contribution < -0.4 is 5.73 Å². The topological polar surface area (TPSA) is 38.9 Å². The van der Waals surface area contributed by atoms with Gasteiger partial charge in [0.25, 0.3) is 0 Å². The molecule has 0 aromatic carbocycles. The molecule has 1 aromatic heterocycles. The third-order valence-corrected chi connectivity index (χ3v) is 2.42. The van der Waals surface area contributed by atoms with Gasteiger partial charge in [0.05, 0.1) is 0 Å². The summed E-state index contributed by atoms with van der Waals surface area (Å²) >= 11 is 0. The van der Waals surface area contributed by atoms with E-state index in [0.29, 0.717) is 0 Å². The predicted molar refractivity (Wildman–Crippen MR) is 48.5 cm³/mol. The maximum atomic E-state index is 6.01. The van der Waals surface area contributed by atoms with Gasteiger partial charge in [0.2, 0.25) is 0 Å². The van der Waals surface area contributed by atoms with Gasteiger partial charge in [-0.05, 0) is 30.0 Å². The first-order valence-electron chi connectivity index (χ1n) is 4.52. The summed E-state index contributed by atoms with van der Waals surface area (Å²) in [7, 11) is 0. The molecule has 2 nitrogen and oxygen atoms in total. The van der Waals surface area contributed by atoms with Gasteiger partial charge in [-0.1, -0.05) is 12.8 Å². The zero-order valence-corrected chi connectivity index (χ0v) is 7.11. The first-order valence-corrected chi connectivity index (χ1v) is 4.52. The highest BCUT2D eigenvalue weighted by Crippen LogP contribution is 2.36. The highest BCUT2D eigenvalue weighted by Gasteiger charge is 2.24. The average Bonchev–Trinajstić information content (AvgIpc) is 2.90. The Morgan fingerprint density at radius 2 is 2.08 bits per heavy atom. The molecular weight excluding hydrogens is 148 g/mol. The van der Waals surface area contributed by atoms with Crippen LogP contribution in [0.3, 0.4) is 0 Å². The normalized spacial score (nSPS) is 19.1. The van der Waals surface area contributed by atoms with Crippen LogP contribution in [-0.4, -0.2) is 4.98 Å². The lowest BCUT2D eigenvalue weighted by atomic mass is 10.0. The Morgan fingerprint density at radius 3 is 2.67 bits per heavy atom. The van der Waals surface area contributed by atoms with Crippen LogP contribution in [0.2, 0.25) is 0 Å². The Bertz CT molecular complexity index is 241. The van der Waals surface area contributed by atoms with Gasteiger partial charge in [-0.25, -0.2) is 0 Å². The van der Waals surface area contributed by atoms with Gasteiger partial charge in [-0.3, -0.25) is 4.98 Å². The zero-order chi connectivity index (χ0) is 8.39. The van der Waals surface area contributed by atoms with Crippen molar-refractivity contribution in [2.24, 2.45) is 11.7 Å². The Labute approximate surface area is 72.8 Å². The molecule has 2 N–H and O–H groups in total. The maximum absolute atomic E-state index is 6.01. The summed E-state index contributed by atoms with van der Waals surface area (Å²) < 4.78 is 0. The first-order chi connectivity index (χ1) is 5.86. The molecule has 1 unspecified atom stereocenters. The van der Waals surface area contributed by atoms with Crippen LogP contribution in [0.1, 0.15) is 30.9 Å². The van der Waals surface area contributed by atoms with Crippen LogP contribution in [0, 0.1) is 5.92 Å². The summed E-state index contributed by atoms with van der Waals surface area (Å²) in [4.78, 5) is 3.97. The van der Waals surface area contributed by atoms with E-state index in [0.717, 1.165) is 12.3 Å². The van der Waals surface area contributed by atoms with Gasteiger partial charge in [-0.2, -0.15) is 0 Å². The SMILES string of the molecule is NC(CC1CC1)c1ccncc1. The number of nitrogens with two attached hydrogens (primary N) is 1. The molecule has 1 fully saturated rings. The van der Waals surface area contributed by atoms with Crippen LogP contribution in [0.15, 0.2) is 24.5 Å². The smallest absolute Gasteiger partial charge is 0.0298 e. The Morgan fingerprint density at radius 1 is 1.42 bits per heavy atom. The number of hydrogen-bond donors (Lipinski definition) is 1. The van der Waals surface area contributed by atoms with Gasteiger partial charge >= 0.3 is 0 Å². The van der Waals surface area contributed by atoms with Gasteiger partial charge in [-0.15, -0.1) is 0 Å². The molecule has 1 aromatic rings. The fourth-order valence-corrected chi connectivity index (χ4v) is 1.46. The minimum atomic E-state index is 0.223. The zero-order valence-electron chi connectivity index (χ0n) is 7.11. The number of hydrogen-bond acceptors (Lipinski definition) is 2. The summed E-state index contributed by atoms with van der Waals surface area (Å²) in [5.41, 5.74) is 7.23. The van der Waals surface area contributed by atoms with Crippen LogP contribution in [0.25, 0.3) is 0 Å². The molecule has 1 saturated carbocycles. The first kappa shape index (κ1) is 7.74. The van der Waals surface area contributed by atoms with Crippen LogP contribution in [-0.2, 0) is 0 Å². The number of nitrogens with zero attached hydrogens (tertiary/aromatic N) is 1. The molecule has 0 radical (unpaired) electrons. The summed E-state index contributed by atoms with van der Waals surface area (Å²) in [5, 5.41) is 0. The van der Waals surface area contributed by atoms with Crippen molar-refractivity contribution in [1.29, 1.82) is 0 Å². The van der Waals surface area contributed by atoms with E-state index in [1.165, 1.54) is 18.4 Å². The molecule has 1 aliphatic carbocycles. The molecule has 64 valence electrons. The molecule has 2 rings (SSSR count). The van der Waals surface area contributed by atoms with Crippen LogP contribution in [0.5, 0.6) is 0 Å². The fourth-order valence-electron chi connectivity index (χ4n) is 1.46. The standard InChI is InChI=1S/C10H14N2/c11-10(7-8-1-2-8)9-3-5-12-6-4-9/h3-6,8,10H,1-2,7,11H2. The summed E-state index contributed by atoms with van der Waals surface area (Å²) in [6, 6.07) is 4.24. The van der Waals surface area contributed by atoms with Crippen molar-refractivity contribution in [3.05, 3.63) is 30.1 Å². The second-order valence-corrected chi connectivity index (χ2v) is 3.57. The molecule has 1 heterocycles. The van der Waals surface area contributed by atoms with E-state index in [1.807, 2.05) is 24.5 Å². The highest BCUT2D eigenvalue weighted by molar-refractivity contribution is 5.14. The second kappa shape index (κ2) is 3.23. The van der Waals surface area contributed by atoms with E-state index in [2.05, 4.69) is 4.98 Å². The van der Waals surface area contributed by atoms with E-state index in [-0.39, 0.29) is 6.04 Å². The Kier molecular flexibility index (Phi) is 2.09. The molecule has 1 atom stereocenters. The molecule has 0 bridgehead atoms. The lowest BCUT2D eigenvalue weighted by Gasteiger charge is -2.09. The third-order valence-electron chi connectivity index (χ3n) is 2.42. The van der Waals surface area contributed by atoms with E-state index in [9.17, 15) is 0 Å². The maximum Gasteiger partial charge on any atom is 0.0298 e. The second-order valence-electron chi connectivity index (χ2n) is 3.57. The largest absolute Gasteiger partial charge is 0.324 e. The van der Waals surface area contributed by atoms with Crippen molar-refractivity contribution in [2.45, 2.75) is 25.3 Å². The van der Waals surface area contributed by atoms with Gasteiger partial charge in [0, 0.05) is 18.4 Å². The van der Waals surface area contributed by atoms with Crippen molar-refractivity contribution in [3.63, 3.8) is 0 Å². The van der Waals surface area contributed by atoms with Crippen LogP contribution >= 0.6 is 0 Å². The quantitative estimate of drug-likeness (QED) is 0.737. The van der Waals surface area contributed by atoms with Crippen molar-refractivity contribution in [3.8, 4) is 0 Å². The number of aromatic nitrogens is 1. The molecule has 12 heavy (non-hydrogen) atoms. The monoisotopic (exact) mass is 162 g/mol. The van der Waals surface area contributed by atoms with Crippen molar-refractivity contribution >= 4 is 0 Å². The lowest BCUT2D eigenvalue weighted by molar-refractivity contribution is 0.596. The summed E-state index contributed by atoms with van der Waals surface area (Å²) in [5.74, 6) is 0.896. The minimum Gasteiger partial charge on any atom is -0.324 e. The number of rotatable bonds is 3. The number of pyridine rings is 1. The van der Waals surface area contributed by atoms with Crippen molar-refractivity contribution < 1.29 is 0 Å². The molecule has 0 saturated heterocycles. The van der Waals surface area contributed by atoms with E-state index >= 15 is 0 Å². The van der Waals surface area contributed by atoms with E-state index < -0.39 is 0 Å². The van der Waals surface area contributed by atoms with Gasteiger partial charge < -0.3 is 5.73 Å². The van der Waals surface area contributed by atoms with E-state index in [1.54, 1.807) is 0 Å². The van der Waals surface area contributed by atoms with Crippen molar-refractivity contribution in [2.75, 3.05) is 0 Å². The molecule has 1 aliphatic rings. The summed E-state index contributed by atoms with van der Waals surface area (Å²) in [6.07, 6.45) is 7.51. The highest BCUT2D eigenvalue weighted by atomic mass is 14.7. The van der Waals surface area contributed by atoms with Gasteiger partial charge in [0.15, 0.2) is 0 Å². The molecule has 2 heteroatoms. The minimum absolute atomic E-state index is 0.223. The summed E-state index contributed by atoms with van der Waals surface area (Å²) in [6.45, 7) is 0. The van der Waals surface area contributed by atoms with Gasteiger partial charge in [0.1, 0.15) is 0 Å². The average molecular weight is 162 g/mol.